The van der Waals surface area contributed by atoms with Crippen LogP contribution in [-0.2, 0) is 4.43 Å². The van der Waals surface area contributed by atoms with Crippen molar-refractivity contribution in [2.24, 2.45) is 0 Å². The molecule has 0 heterocycles. The maximum atomic E-state index is 8.49. The second-order valence-corrected chi connectivity index (χ2v) is 25.4. The Kier molecular flexibility index (Phi) is 25.5. The van der Waals surface area contributed by atoms with Gasteiger partial charge in [0.05, 0.1) is 13.2 Å². The van der Waals surface area contributed by atoms with Gasteiger partial charge in [-0.1, -0.05) is 235 Å². The normalized spacial score (nSPS) is 12.0. The monoisotopic (exact) mass is 789 g/mol. The molecular weight excluding hydrogens is 712 g/mol. The third-order valence-electron chi connectivity index (χ3n) is 9.12. The summed E-state index contributed by atoms with van der Waals surface area (Å²) < 4.78 is 6.90. The molecule has 0 saturated heterocycles. The van der Waals surface area contributed by atoms with E-state index in [-0.39, 0.29) is 39.0 Å². The van der Waals surface area contributed by atoms with Crippen molar-refractivity contribution in [3.8, 4) is 0 Å². The number of aliphatic hydroxyl groups is 1. The van der Waals surface area contributed by atoms with Gasteiger partial charge in [0.15, 0.2) is 0 Å². The average molecular weight is 790 g/mol. The van der Waals surface area contributed by atoms with E-state index >= 15 is 0 Å². The highest BCUT2D eigenvalue weighted by Crippen LogP contribution is 2.39. The van der Waals surface area contributed by atoms with Gasteiger partial charge in [-0.15, -0.1) is 0 Å². The summed E-state index contributed by atoms with van der Waals surface area (Å²) in [6, 6.07) is 42.7. The molecule has 0 radical (unpaired) electrons. The Balaban J connectivity index is 0. The molecule has 0 amide bonds. The van der Waals surface area contributed by atoms with E-state index in [1.54, 1.807) is 0 Å². The summed E-state index contributed by atoms with van der Waals surface area (Å²) in [5, 5.41) is 13.9. The van der Waals surface area contributed by atoms with Crippen molar-refractivity contribution in [2.45, 2.75) is 127 Å². The predicted octanol–water partition coefficient (Wildman–Crippen LogP) is 12.7. The molecule has 0 saturated carbocycles. The van der Waals surface area contributed by atoms with Crippen LogP contribution in [0.5, 0.6) is 0 Å². The third kappa shape index (κ3) is 14.9. The van der Waals surface area contributed by atoms with Gasteiger partial charge in [0.2, 0.25) is 7.38 Å². The molecule has 2 nitrogen and oxygen atoms in total. The summed E-state index contributed by atoms with van der Waals surface area (Å²) in [5.41, 5.74) is 2.40. The number of benzene rings is 4. The van der Waals surface area contributed by atoms with Gasteiger partial charge in [0.1, 0.15) is 0 Å². The van der Waals surface area contributed by atoms with Crippen molar-refractivity contribution >= 4 is 47.5 Å². The first-order valence-corrected chi connectivity index (χ1v) is 23.6. The quantitative estimate of drug-likeness (QED) is 0.0880. The lowest BCUT2D eigenvalue weighted by Crippen LogP contribution is -2.66. The van der Waals surface area contributed by atoms with Crippen molar-refractivity contribution in [1.29, 1.82) is 0 Å². The fourth-order valence-corrected chi connectivity index (χ4v) is 15.0. The Bertz CT molecular complexity index is 1490. The molecule has 0 spiro atoms. The number of aliphatic hydroxyl groups excluding tert-OH is 1. The van der Waals surface area contributed by atoms with Gasteiger partial charge in [-0.3, -0.25) is 0 Å². The zero-order chi connectivity index (χ0) is 38.0. The maximum absolute atomic E-state index is 8.49. The molecule has 0 atom stereocenters. The highest BCUT2D eigenvalue weighted by molar-refractivity contribution is 7.35. The second kappa shape index (κ2) is 26.0. The number of hydrogen-bond acceptors (Lipinski definition) is 2. The predicted molar refractivity (Wildman–Crippen MR) is 252 cm³/mol. The van der Waals surface area contributed by atoms with Crippen molar-refractivity contribution in [1.82, 2.24) is 0 Å². The largest absolute Gasteiger partial charge is 0.403 e. The van der Waals surface area contributed by atoms with Crippen LogP contribution in [0.25, 0.3) is 0 Å². The van der Waals surface area contributed by atoms with E-state index in [4.69, 9.17) is 20.6 Å². The lowest BCUT2D eigenvalue weighted by atomic mass is 10.2. The number of halogens is 1. The van der Waals surface area contributed by atoms with Crippen molar-refractivity contribution < 1.29 is 9.53 Å². The van der Waals surface area contributed by atoms with Crippen molar-refractivity contribution in [2.75, 3.05) is 13.2 Å². The Labute approximate surface area is 340 Å². The molecule has 300 valence electrons. The molecule has 0 aromatic heterocycles. The highest BCUT2D eigenvalue weighted by atomic mass is 35.6. The van der Waals surface area contributed by atoms with E-state index < -0.39 is 15.7 Å². The smallest absolute Gasteiger partial charge is 0.261 e. The topological polar surface area (TPSA) is 29.5 Å². The molecule has 0 fully saturated rings. The Hall–Kier alpha value is -3.00. The van der Waals surface area contributed by atoms with E-state index in [1.165, 1.54) is 32.7 Å². The summed E-state index contributed by atoms with van der Waals surface area (Å²) >= 11 is 7.21. The Morgan fingerprint density at radius 1 is 0.556 bits per heavy atom. The van der Waals surface area contributed by atoms with Crippen molar-refractivity contribution in [3.63, 3.8) is 0 Å². The van der Waals surface area contributed by atoms with E-state index in [0.29, 0.717) is 6.61 Å². The minimum Gasteiger partial charge on any atom is -0.403 e. The number of hydrogen-bond donors (Lipinski definition) is 1. The molecular formula is C49H77ClO2Si2. The van der Waals surface area contributed by atoms with Crippen LogP contribution < -0.4 is 20.7 Å². The van der Waals surface area contributed by atoms with Crippen LogP contribution in [0.1, 0.15) is 117 Å². The molecule has 0 aliphatic heterocycles. The zero-order valence-electron chi connectivity index (χ0n) is 33.2. The van der Waals surface area contributed by atoms with Gasteiger partial charge in [-0.05, 0) is 57.5 Å². The van der Waals surface area contributed by atoms with Gasteiger partial charge in [0, 0.05) is 0 Å². The average Bonchev–Trinajstić information content (AvgIpc) is 3.14. The molecule has 0 bridgehead atoms. The van der Waals surface area contributed by atoms with Gasteiger partial charge >= 0.3 is 0 Å². The van der Waals surface area contributed by atoms with E-state index in [2.05, 4.69) is 184 Å². The second-order valence-electron chi connectivity index (χ2n) is 15.4. The van der Waals surface area contributed by atoms with Crippen molar-refractivity contribution in [3.05, 3.63) is 145 Å². The Morgan fingerprint density at radius 2 is 0.870 bits per heavy atom. The van der Waals surface area contributed by atoms with Crippen LogP contribution in [0.2, 0.25) is 10.1 Å². The molecule has 1 N–H and O–H groups in total. The molecule has 0 aliphatic carbocycles. The first kappa shape index (κ1) is 53.1. The standard InChI is InChI=1S/C23H32OSi.C16H19ClSi.C7H14O.3CH4/c1-6-7-14-20(2)19-24-25(23(3,4)5,21-15-10-8-11-16-21)22-17-12-9-13-18-22;1-16(2,3)18(17,14-10-6-4-7-11-14)15-12-8-5-9-13-15;1-3-4-5-7(2)6-8;;;/h8-18H,6-7,19H2,1-5H3;4-13H,1-3H3;5,8H,3-4,6H2,1-2H3;3*1H4/b20-14-;;7-5-;;;. The summed E-state index contributed by atoms with van der Waals surface area (Å²) in [4.78, 5) is 0. The lowest BCUT2D eigenvalue weighted by Gasteiger charge is -2.43. The van der Waals surface area contributed by atoms with Crippen LogP contribution in [-0.4, -0.2) is 34.0 Å². The number of allylic oxidation sites excluding steroid dienone is 2. The third-order valence-corrected chi connectivity index (χ3v) is 21.4. The van der Waals surface area contributed by atoms with E-state index in [9.17, 15) is 0 Å². The van der Waals surface area contributed by atoms with Crippen LogP contribution in [0, 0.1) is 0 Å². The first-order chi connectivity index (χ1) is 24.2. The summed E-state index contributed by atoms with van der Waals surface area (Å²) in [5.74, 6) is 0. The Morgan fingerprint density at radius 3 is 1.15 bits per heavy atom. The lowest BCUT2D eigenvalue weighted by molar-refractivity contribution is 0.329. The number of rotatable bonds is 12. The van der Waals surface area contributed by atoms with E-state index in [0.717, 1.165) is 24.8 Å². The van der Waals surface area contributed by atoms with Gasteiger partial charge < -0.3 is 9.53 Å². The minimum atomic E-state index is -2.39. The number of unbranched alkanes of at least 4 members (excludes halogenated alkanes) is 2. The van der Waals surface area contributed by atoms with Gasteiger partial charge in [-0.2, -0.15) is 11.1 Å². The molecule has 0 unspecified atom stereocenters. The zero-order valence-corrected chi connectivity index (χ0v) is 35.9. The fourth-order valence-electron chi connectivity index (χ4n) is 6.26. The molecule has 4 aromatic carbocycles. The summed E-state index contributed by atoms with van der Waals surface area (Å²) in [6.45, 7) is 23.1. The molecule has 0 aliphatic rings. The summed E-state index contributed by atoms with van der Waals surface area (Å²) in [6.07, 6.45) is 8.94. The van der Waals surface area contributed by atoms with Crippen LogP contribution in [0.15, 0.2) is 145 Å². The molecule has 4 rings (SSSR count). The van der Waals surface area contributed by atoms with Gasteiger partial charge in [-0.25, -0.2) is 0 Å². The highest BCUT2D eigenvalue weighted by Gasteiger charge is 2.50. The van der Waals surface area contributed by atoms with Crippen LogP contribution in [0.4, 0.5) is 0 Å². The molecule has 4 aromatic rings. The molecule has 54 heavy (non-hydrogen) atoms. The summed E-state index contributed by atoms with van der Waals surface area (Å²) in [7, 11) is -4.62. The van der Waals surface area contributed by atoms with E-state index in [1.807, 2.05) is 19.1 Å². The first-order valence-electron chi connectivity index (χ1n) is 18.7. The van der Waals surface area contributed by atoms with Crippen LogP contribution in [0.3, 0.4) is 0 Å². The SMILES string of the molecule is C.C.C.CC(C)(C)[Si](Cl)(c1ccccc1)c1ccccc1.CCC/C=C(/C)CO.CCC/C=C(/C)CO[Si](c1ccccc1)(c1ccccc1)C(C)(C)C. The van der Waals surface area contributed by atoms with Gasteiger partial charge in [0.25, 0.3) is 8.32 Å². The fraction of sp³-hybridized carbons (Fsp3) is 0.429. The maximum Gasteiger partial charge on any atom is 0.261 e. The minimum absolute atomic E-state index is 0. The molecule has 5 heteroatoms. The van der Waals surface area contributed by atoms with Crippen LogP contribution >= 0.6 is 11.1 Å².